The van der Waals surface area contributed by atoms with Crippen molar-refractivity contribution in [3.8, 4) is 11.5 Å². The molecule has 1 rings (SSSR count). The number of aromatic hydroxyl groups is 1. The van der Waals surface area contributed by atoms with Gasteiger partial charge >= 0.3 is 12.1 Å². The Morgan fingerprint density at radius 2 is 1.95 bits per heavy atom. The number of benzene rings is 1. The highest BCUT2D eigenvalue weighted by molar-refractivity contribution is 5.92. The van der Waals surface area contributed by atoms with E-state index in [2.05, 4.69) is 6.92 Å². The Balaban J connectivity index is 2.50. The van der Waals surface area contributed by atoms with Gasteiger partial charge < -0.3 is 19.7 Å². The summed E-state index contributed by atoms with van der Waals surface area (Å²) in [6, 6.07) is 3.87. The Morgan fingerprint density at radius 3 is 2.60 bits per heavy atom. The normalized spacial score (nSPS) is 10.1. The zero-order valence-corrected chi connectivity index (χ0v) is 11.3. The molecule has 0 fully saturated rings. The molecule has 6 nitrogen and oxygen atoms in total. The smallest absolute Gasteiger partial charge is 0.504 e. The van der Waals surface area contributed by atoms with Crippen LogP contribution in [0.5, 0.6) is 11.5 Å². The molecule has 1 aromatic rings. The lowest BCUT2D eigenvalue weighted by molar-refractivity contribution is 0.0690. The molecule has 0 saturated carbocycles. The van der Waals surface area contributed by atoms with Crippen molar-refractivity contribution in [3.05, 3.63) is 23.8 Å². The number of ether oxygens (including phenoxy) is 2. The van der Waals surface area contributed by atoms with E-state index in [-0.39, 0.29) is 17.9 Å². The fourth-order valence-corrected chi connectivity index (χ4v) is 1.58. The van der Waals surface area contributed by atoms with Gasteiger partial charge in [0.25, 0.3) is 0 Å². The Hall–Kier alpha value is -2.24. The minimum atomic E-state index is -1.30. The number of hydrogen-bond donors (Lipinski definition) is 2. The van der Waals surface area contributed by atoms with Gasteiger partial charge in [0.15, 0.2) is 11.5 Å². The molecule has 0 aliphatic rings. The number of rotatable bonds is 7. The largest absolute Gasteiger partial charge is 0.513 e. The van der Waals surface area contributed by atoms with Gasteiger partial charge in [-0.05, 0) is 18.6 Å². The van der Waals surface area contributed by atoms with Gasteiger partial charge in [-0.3, -0.25) is 0 Å². The first kappa shape index (κ1) is 15.8. The molecule has 0 aliphatic carbocycles. The SMILES string of the molecule is CCCCCCOC(=O)Oc1cccc(C(=O)O)c1O. The number of phenols is 1. The average molecular weight is 282 g/mol. The minimum absolute atomic E-state index is 0.233. The maximum absolute atomic E-state index is 11.4. The number of aromatic carboxylic acids is 1. The van der Waals surface area contributed by atoms with Crippen LogP contribution in [0.25, 0.3) is 0 Å². The van der Waals surface area contributed by atoms with Crippen molar-refractivity contribution >= 4 is 12.1 Å². The second kappa shape index (κ2) is 8.04. The maximum Gasteiger partial charge on any atom is 0.513 e. The highest BCUT2D eigenvalue weighted by Crippen LogP contribution is 2.29. The molecule has 0 unspecified atom stereocenters. The van der Waals surface area contributed by atoms with Crippen LogP contribution in [0.4, 0.5) is 4.79 Å². The number of carboxylic acids is 1. The second-order valence-electron chi connectivity index (χ2n) is 4.22. The monoisotopic (exact) mass is 282 g/mol. The first-order valence-electron chi connectivity index (χ1n) is 6.46. The molecule has 20 heavy (non-hydrogen) atoms. The zero-order chi connectivity index (χ0) is 15.0. The summed E-state index contributed by atoms with van der Waals surface area (Å²) in [6.07, 6.45) is 2.90. The summed E-state index contributed by atoms with van der Waals surface area (Å²) in [6.45, 7) is 2.31. The average Bonchev–Trinajstić information content (AvgIpc) is 2.40. The quantitative estimate of drug-likeness (QED) is 0.453. The van der Waals surface area contributed by atoms with Crippen LogP contribution in [0.15, 0.2) is 18.2 Å². The van der Waals surface area contributed by atoms with Gasteiger partial charge in [0.1, 0.15) is 5.56 Å². The summed E-state index contributed by atoms with van der Waals surface area (Å²) in [5.41, 5.74) is -0.335. The van der Waals surface area contributed by atoms with Crippen LogP contribution in [0, 0.1) is 0 Å². The molecule has 1 aromatic carbocycles. The van der Waals surface area contributed by atoms with Crippen LogP contribution < -0.4 is 4.74 Å². The van der Waals surface area contributed by atoms with Crippen molar-refractivity contribution in [3.63, 3.8) is 0 Å². The molecule has 2 N–H and O–H groups in total. The van der Waals surface area contributed by atoms with Crippen LogP contribution in [0.1, 0.15) is 43.0 Å². The third-order valence-electron chi connectivity index (χ3n) is 2.64. The molecular formula is C14H18O6. The summed E-state index contributed by atoms with van der Waals surface area (Å²) in [5.74, 6) is -2.13. The molecule has 0 aliphatic heterocycles. The van der Waals surface area contributed by atoms with Gasteiger partial charge in [0.2, 0.25) is 0 Å². The molecule has 0 heterocycles. The van der Waals surface area contributed by atoms with E-state index in [0.29, 0.717) is 0 Å². The van der Waals surface area contributed by atoms with E-state index in [0.717, 1.165) is 25.7 Å². The number of hydrogen-bond acceptors (Lipinski definition) is 5. The fraction of sp³-hybridized carbons (Fsp3) is 0.429. The first-order chi connectivity index (χ1) is 9.56. The summed E-state index contributed by atoms with van der Waals surface area (Å²) >= 11 is 0. The van der Waals surface area contributed by atoms with Crippen molar-refractivity contribution in [2.24, 2.45) is 0 Å². The summed E-state index contributed by atoms with van der Waals surface area (Å²) < 4.78 is 9.60. The lowest BCUT2D eigenvalue weighted by atomic mass is 10.2. The third-order valence-corrected chi connectivity index (χ3v) is 2.64. The molecule has 0 aromatic heterocycles. The molecule has 6 heteroatoms. The van der Waals surface area contributed by atoms with E-state index in [9.17, 15) is 14.7 Å². The molecule has 0 spiro atoms. The molecular weight excluding hydrogens is 264 g/mol. The van der Waals surface area contributed by atoms with Gasteiger partial charge in [-0.15, -0.1) is 0 Å². The summed E-state index contributed by atoms with van der Waals surface area (Å²) in [4.78, 5) is 22.2. The van der Waals surface area contributed by atoms with Crippen LogP contribution in [0.2, 0.25) is 0 Å². The molecule has 0 atom stereocenters. The van der Waals surface area contributed by atoms with Crippen molar-refractivity contribution < 1.29 is 29.3 Å². The van der Waals surface area contributed by atoms with E-state index in [1.165, 1.54) is 18.2 Å². The van der Waals surface area contributed by atoms with Gasteiger partial charge in [-0.1, -0.05) is 32.3 Å². The fourth-order valence-electron chi connectivity index (χ4n) is 1.58. The number of carbonyl (C=O) groups excluding carboxylic acids is 1. The van der Waals surface area contributed by atoms with Crippen molar-refractivity contribution in [1.29, 1.82) is 0 Å². The number of carbonyl (C=O) groups is 2. The van der Waals surface area contributed by atoms with Crippen LogP contribution in [-0.4, -0.2) is 28.9 Å². The molecule has 0 saturated heterocycles. The molecule has 110 valence electrons. The summed E-state index contributed by atoms with van der Waals surface area (Å²) in [5, 5.41) is 18.5. The van der Waals surface area contributed by atoms with Crippen LogP contribution in [-0.2, 0) is 4.74 Å². The maximum atomic E-state index is 11.4. The van der Waals surface area contributed by atoms with Gasteiger partial charge in [-0.2, -0.15) is 0 Å². The lowest BCUT2D eigenvalue weighted by Gasteiger charge is -2.08. The van der Waals surface area contributed by atoms with Crippen molar-refractivity contribution in [2.45, 2.75) is 32.6 Å². The van der Waals surface area contributed by atoms with Gasteiger partial charge in [-0.25, -0.2) is 9.59 Å². The summed E-state index contributed by atoms with van der Waals surface area (Å²) in [7, 11) is 0. The molecule has 0 bridgehead atoms. The number of carboxylic acid groups (broad SMARTS) is 1. The van der Waals surface area contributed by atoms with Crippen LogP contribution in [0.3, 0.4) is 0 Å². The Labute approximate surface area is 116 Å². The van der Waals surface area contributed by atoms with Crippen molar-refractivity contribution in [1.82, 2.24) is 0 Å². The van der Waals surface area contributed by atoms with E-state index < -0.39 is 17.9 Å². The first-order valence-corrected chi connectivity index (χ1v) is 6.46. The zero-order valence-electron chi connectivity index (χ0n) is 11.3. The van der Waals surface area contributed by atoms with Gasteiger partial charge in [0, 0.05) is 0 Å². The predicted molar refractivity (Wildman–Crippen MR) is 71.2 cm³/mol. The van der Waals surface area contributed by atoms with Gasteiger partial charge in [0.05, 0.1) is 6.61 Å². The minimum Gasteiger partial charge on any atom is -0.504 e. The second-order valence-corrected chi connectivity index (χ2v) is 4.22. The molecule has 0 radical (unpaired) electrons. The Bertz CT molecular complexity index is 469. The standard InChI is InChI=1S/C14H18O6/c1-2-3-4-5-9-19-14(18)20-11-8-6-7-10(12(11)15)13(16)17/h6-8,15H,2-5,9H2,1H3,(H,16,17). The highest BCUT2D eigenvalue weighted by Gasteiger charge is 2.16. The third kappa shape index (κ3) is 4.79. The van der Waals surface area contributed by atoms with E-state index in [1.807, 2.05) is 0 Å². The molecule has 0 amide bonds. The predicted octanol–water partition coefficient (Wildman–Crippen LogP) is 3.19. The highest BCUT2D eigenvalue weighted by atomic mass is 16.7. The Morgan fingerprint density at radius 1 is 1.20 bits per heavy atom. The lowest BCUT2D eigenvalue weighted by Crippen LogP contribution is -2.12. The van der Waals surface area contributed by atoms with E-state index in [1.54, 1.807) is 0 Å². The van der Waals surface area contributed by atoms with E-state index in [4.69, 9.17) is 14.6 Å². The number of unbranched alkanes of at least 4 members (excludes halogenated alkanes) is 3. The van der Waals surface area contributed by atoms with Crippen LogP contribution >= 0.6 is 0 Å². The van der Waals surface area contributed by atoms with Crippen molar-refractivity contribution in [2.75, 3.05) is 6.61 Å². The van der Waals surface area contributed by atoms with E-state index >= 15 is 0 Å². The Kier molecular flexibility index (Phi) is 6.36. The topological polar surface area (TPSA) is 93.1 Å². The number of para-hydroxylation sites is 1.